The van der Waals surface area contributed by atoms with E-state index in [1.807, 2.05) is 31.2 Å². The van der Waals surface area contributed by atoms with Crippen molar-refractivity contribution in [2.24, 2.45) is 0 Å². The second-order valence-electron chi connectivity index (χ2n) is 4.67. The molecule has 5 nitrogen and oxygen atoms in total. The van der Waals surface area contributed by atoms with Gasteiger partial charge in [0.05, 0.1) is 18.0 Å². The lowest BCUT2D eigenvalue weighted by atomic mass is 10.1. The molecule has 1 aliphatic heterocycles. The zero-order valence-electron chi connectivity index (χ0n) is 11.2. The zero-order valence-corrected chi connectivity index (χ0v) is 11.2. The summed E-state index contributed by atoms with van der Waals surface area (Å²) in [7, 11) is 0. The molecule has 0 fully saturated rings. The van der Waals surface area contributed by atoms with Gasteiger partial charge in [0.1, 0.15) is 6.04 Å². The van der Waals surface area contributed by atoms with E-state index in [0.717, 1.165) is 17.8 Å². The van der Waals surface area contributed by atoms with Crippen molar-refractivity contribution in [3.05, 3.63) is 24.3 Å². The van der Waals surface area contributed by atoms with Crippen LogP contribution >= 0.6 is 0 Å². The number of amides is 1. The van der Waals surface area contributed by atoms with Gasteiger partial charge in [-0.1, -0.05) is 19.1 Å². The number of nitrogens with one attached hydrogen (secondary N) is 2. The van der Waals surface area contributed by atoms with Crippen LogP contribution in [-0.4, -0.2) is 48.2 Å². The molecule has 0 radical (unpaired) electrons. The van der Waals surface area contributed by atoms with Crippen molar-refractivity contribution in [1.82, 2.24) is 4.90 Å². The fourth-order valence-electron chi connectivity index (χ4n) is 2.31. The highest BCUT2D eigenvalue weighted by atomic mass is 16.3. The van der Waals surface area contributed by atoms with E-state index in [1.54, 1.807) is 4.90 Å². The van der Waals surface area contributed by atoms with Crippen LogP contribution in [0.15, 0.2) is 24.3 Å². The molecule has 104 valence electrons. The lowest BCUT2D eigenvalue weighted by Crippen LogP contribution is -2.49. The Kier molecular flexibility index (Phi) is 4.63. The van der Waals surface area contributed by atoms with Gasteiger partial charge in [0.25, 0.3) is 0 Å². The molecule has 0 saturated carbocycles. The van der Waals surface area contributed by atoms with Crippen molar-refractivity contribution in [3.63, 3.8) is 0 Å². The van der Waals surface area contributed by atoms with Crippen LogP contribution in [0.5, 0.6) is 0 Å². The van der Waals surface area contributed by atoms with Gasteiger partial charge in [-0.3, -0.25) is 4.79 Å². The maximum absolute atomic E-state index is 12.4. The summed E-state index contributed by atoms with van der Waals surface area (Å²) in [6, 6.07) is 7.58. The minimum atomic E-state index is -0.270. The standard InChI is InChI=1S/C14H21N3O2/c1-2-7-17(8-9-18)14(19)13-10-15-11-5-3-4-6-12(11)16-13/h3-6,13,15-16,18H,2,7-10H2,1H3. The van der Waals surface area contributed by atoms with Gasteiger partial charge in [-0.2, -0.15) is 0 Å². The number of fused-ring (bicyclic) bond motifs is 1. The van der Waals surface area contributed by atoms with E-state index in [4.69, 9.17) is 5.11 Å². The highest BCUT2D eigenvalue weighted by Gasteiger charge is 2.26. The Hall–Kier alpha value is -1.75. The number of hydrogen-bond acceptors (Lipinski definition) is 4. The molecule has 3 N–H and O–H groups in total. The number of para-hydroxylation sites is 2. The van der Waals surface area contributed by atoms with Crippen LogP contribution in [0.1, 0.15) is 13.3 Å². The van der Waals surface area contributed by atoms with E-state index in [1.165, 1.54) is 0 Å². The highest BCUT2D eigenvalue weighted by Crippen LogP contribution is 2.25. The number of rotatable bonds is 5. The Balaban J connectivity index is 2.04. The van der Waals surface area contributed by atoms with Crippen molar-refractivity contribution in [2.75, 3.05) is 36.9 Å². The summed E-state index contributed by atoms with van der Waals surface area (Å²) in [5.41, 5.74) is 1.98. The third-order valence-corrected chi connectivity index (χ3v) is 3.23. The first kappa shape index (κ1) is 13.7. The number of aliphatic hydroxyl groups is 1. The first-order valence-electron chi connectivity index (χ1n) is 6.75. The van der Waals surface area contributed by atoms with Crippen LogP contribution in [0.4, 0.5) is 11.4 Å². The average molecular weight is 263 g/mol. The van der Waals surface area contributed by atoms with Crippen LogP contribution in [0.3, 0.4) is 0 Å². The molecule has 5 heteroatoms. The van der Waals surface area contributed by atoms with Gasteiger partial charge in [0, 0.05) is 19.6 Å². The van der Waals surface area contributed by atoms with Crippen molar-refractivity contribution in [2.45, 2.75) is 19.4 Å². The minimum Gasteiger partial charge on any atom is -0.395 e. The number of nitrogens with zero attached hydrogens (tertiary/aromatic N) is 1. The van der Waals surface area contributed by atoms with Crippen molar-refractivity contribution < 1.29 is 9.90 Å². The summed E-state index contributed by atoms with van der Waals surface area (Å²) in [6.07, 6.45) is 0.891. The molecular formula is C14H21N3O2. The summed E-state index contributed by atoms with van der Waals surface area (Å²) in [6.45, 7) is 3.68. The van der Waals surface area contributed by atoms with E-state index in [2.05, 4.69) is 10.6 Å². The number of hydrogen-bond donors (Lipinski definition) is 3. The Morgan fingerprint density at radius 1 is 1.37 bits per heavy atom. The van der Waals surface area contributed by atoms with Gasteiger partial charge in [0.2, 0.25) is 5.91 Å². The number of benzene rings is 1. The lowest BCUT2D eigenvalue weighted by molar-refractivity contribution is -0.132. The first-order chi connectivity index (χ1) is 9.26. The molecule has 19 heavy (non-hydrogen) atoms. The van der Waals surface area contributed by atoms with Gasteiger partial charge in [-0.05, 0) is 18.6 Å². The topological polar surface area (TPSA) is 64.6 Å². The fourth-order valence-corrected chi connectivity index (χ4v) is 2.31. The Bertz CT molecular complexity index is 430. The molecule has 0 aromatic heterocycles. The van der Waals surface area contributed by atoms with Crippen molar-refractivity contribution in [1.29, 1.82) is 0 Å². The molecule has 1 aromatic rings. The number of carbonyl (C=O) groups excluding carboxylic acids is 1. The van der Waals surface area contributed by atoms with Crippen molar-refractivity contribution in [3.8, 4) is 0 Å². The molecule has 1 unspecified atom stereocenters. The molecule has 1 heterocycles. The minimum absolute atomic E-state index is 0.00246. The third kappa shape index (κ3) is 3.17. The van der Waals surface area contributed by atoms with E-state index >= 15 is 0 Å². The summed E-state index contributed by atoms with van der Waals surface area (Å²) in [4.78, 5) is 14.1. The van der Waals surface area contributed by atoms with Gasteiger partial charge < -0.3 is 20.6 Å². The maximum Gasteiger partial charge on any atom is 0.246 e. The van der Waals surface area contributed by atoms with Crippen LogP contribution < -0.4 is 10.6 Å². The number of aliphatic hydroxyl groups excluding tert-OH is 1. The SMILES string of the molecule is CCCN(CCO)C(=O)C1CNc2ccccc2N1. The predicted molar refractivity (Wildman–Crippen MR) is 76.3 cm³/mol. The van der Waals surface area contributed by atoms with Gasteiger partial charge >= 0.3 is 0 Å². The van der Waals surface area contributed by atoms with Gasteiger partial charge in [-0.15, -0.1) is 0 Å². The Morgan fingerprint density at radius 3 is 2.79 bits per heavy atom. The van der Waals surface area contributed by atoms with Crippen LogP contribution in [0, 0.1) is 0 Å². The molecule has 1 atom stereocenters. The molecule has 0 spiro atoms. The second kappa shape index (κ2) is 6.43. The van der Waals surface area contributed by atoms with E-state index in [0.29, 0.717) is 19.6 Å². The normalized spacial score (nSPS) is 17.1. The first-order valence-corrected chi connectivity index (χ1v) is 6.75. The van der Waals surface area contributed by atoms with Crippen LogP contribution in [0.2, 0.25) is 0 Å². The Morgan fingerprint density at radius 2 is 2.11 bits per heavy atom. The number of anilines is 2. The molecular weight excluding hydrogens is 242 g/mol. The zero-order chi connectivity index (χ0) is 13.7. The molecule has 1 aromatic carbocycles. The van der Waals surface area contributed by atoms with Gasteiger partial charge in [-0.25, -0.2) is 0 Å². The van der Waals surface area contributed by atoms with E-state index in [9.17, 15) is 4.79 Å². The monoisotopic (exact) mass is 263 g/mol. The van der Waals surface area contributed by atoms with Crippen LogP contribution in [-0.2, 0) is 4.79 Å². The molecule has 1 aliphatic rings. The quantitative estimate of drug-likeness (QED) is 0.745. The second-order valence-corrected chi connectivity index (χ2v) is 4.67. The fraction of sp³-hybridized carbons (Fsp3) is 0.500. The predicted octanol–water partition coefficient (Wildman–Crippen LogP) is 1.12. The molecule has 0 aliphatic carbocycles. The van der Waals surface area contributed by atoms with E-state index < -0.39 is 0 Å². The summed E-state index contributed by atoms with van der Waals surface area (Å²) >= 11 is 0. The number of carbonyl (C=O) groups is 1. The molecule has 1 amide bonds. The largest absolute Gasteiger partial charge is 0.395 e. The van der Waals surface area contributed by atoms with E-state index in [-0.39, 0.29) is 18.6 Å². The summed E-state index contributed by atoms with van der Waals surface area (Å²) in [5.74, 6) is 0.0397. The molecule has 2 rings (SSSR count). The molecule has 0 saturated heterocycles. The average Bonchev–Trinajstić information content (AvgIpc) is 2.46. The summed E-state index contributed by atoms with van der Waals surface area (Å²) < 4.78 is 0. The lowest BCUT2D eigenvalue weighted by Gasteiger charge is -2.31. The smallest absolute Gasteiger partial charge is 0.246 e. The third-order valence-electron chi connectivity index (χ3n) is 3.23. The summed E-state index contributed by atoms with van der Waals surface area (Å²) in [5, 5.41) is 15.6. The van der Waals surface area contributed by atoms with Gasteiger partial charge in [0.15, 0.2) is 0 Å². The highest BCUT2D eigenvalue weighted by molar-refractivity contribution is 5.88. The van der Waals surface area contributed by atoms with Crippen molar-refractivity contribution >= 4 is 17.3 Å². The Labute approximate surface area is 113 Å². The van der Waals surface area contributed by atoms with Crippen LogP contribution in [0.25, 0.3) is 0 Å². The maximum atomic E-state index is 12.4. The molecule has 0 bridgehead atoms.